The van der Waals surface area contributed by atoms with Gasteiger partial charge >= 0.3 is 0 Å². The fourth-order valence-corrected chi connectivity index (χ4v) is 2.68. The Morgan fingerprint density at radius 1 is 0.857 bits per heavy atom. The zero-order valence-corrected chi connectivity index (χ0v) is 14.4. The van der Waals surface area contributed by atoms with E-state index in [4.69, 9.17) is 0 Å². The van der Waals surface area contributed by atoms with Crippen LogP contribution < -0.4 is 0 Å². The molecule has 0 aromatic heterocycles. The van der Waals surface area contributed by atoms with Gasteiger partial charge in [0.25, 0.3) is 0 Å². The van der Waals surface area contributed by atoms with Gasteiger partial charge < -0.3 is 14.9 Å². The van der Waals surface area contributed by atoms with Gasteiger partial charge in [-0.2, -0.15) is 0 Å². The van der Waals surface area contributed by atoms with Crippen molar-refractivity contribution in [1.29, 1.82) is 0 Å². The van der Waals surface area contributed by atoms with Crippen molar-refractivity contribution in [1.82, 2.24) is 9.80 Å². The van der Waals surface area contributed by atoms with Crippen molar-refractivity contribution in [3.05, 3.63) is 28.8 Å². The van der Waals surface area contributed by atoms with Crippen molar-refractivity contribution in [3.63, 3.8) is 0 Å². The Morgan fingerprint density at radius 3 is 2.05 bits per heavy atom. The molecule has 0 saturated carbocycles. The molecule has 0 saturated heterocycles. The van der Waals surface area contributed by atoms with E-state index in [1.807, 2.05) is 14.1 Å². The van der Waals surface area contributed by atoms with Gasteiger partial charge in [-0.3, -0.25) is 0 Å². The van der Waals surface area contributed by atoms with Crippen molar-refractivity contribution in [2.24, 2.45) is 0 Å². The number of hydrogen-bond acceptors (Lipinski definition) is 3. The third kappa shape index (κ3) is 6.49. The molecule has 1 aromatic carbocycles. The highest BCUT2D eigenvalue weighted by Gasteiger charge is 2.11. The van der Waals surface area contributed by atoms with Crippen LogP contribution in [0.15, 0.2) is 12.1 Å². The van der Waals surface area contributed by atoms with Crippen LogP contribution in [0.3, 0.4) is 0 Å². The van der Waals surface area contributed by atoms with Gasteiger partial charge in [-0.15, -0.1) is 0 Å². The maximum Gasteiger partial charge on any atom is 0.123 e. The van der Waals surface area contributed by atoms with Crippen molar-refractivity contribution >= 4 is 0 Å². The molecule has 1 rings (SSSR count). The lowest BCUT2D eigenvalue weighted by Gasteiger charge is -2.18. The van der Waals surface area contributed by atoms with Gasteiger partial charge in [0.1, 0.15) is 5.75 Å². The van der Waals surface area contributed by atoms with Crippen molar-refractivity contribution in [3.8, 4) is 5.75 Å². The van der Waals surface area contributed by atoms with Crippen LogP contribution in [0.2, 0.25) is 0 Å². The average molecular weight is 292 g/mol. The topological polar surface area (TPSA) is 26.7 Å². The summed E-state index contributed by atoms with van der Waals surface area (Å²) in [6.45, 7) is 3.93. The Labute approximate surface area is 130 Å². The first-order chi connectivity index (χ1) is 9.93. The van der Waals surface area contributed by atoms with Gasteiger partial charge in [0.2, 0.25) is 0 Å². The van der Waals surface area contributed by atoms with Crippen LogP contribution in [0.25, 0.3) is 0 Å². The molecule has 0 unspecified atom stereocenters. The zero-order valence-electron chi connectivity index (χ0n) is 14.4. The SMILES string of the molecule is CCCCCCc1cc(CN(C)C)cc(CN(C)C)c1O. The molecule has 0 fully saturated rings. The molecule has 0 amide bonds. The fourth-order valence-electron chi connectivity index (χ4n) is 2.68. The molecular formula is C18H32N2O. The Kier molecular flexibility index (Phi) is 7.76. The number of phenols is 1. The van der Waals surface area contributed by atoms with Gasteiger partial charge in [-0.25, -0.2) is 0 Å². The monoisotopic (exact) mass is 292 g/mol. The molecule has 21 heavy (non-hydrogen) atoms. The highest BCUT2D eigenvalue weighted by Crippen LogP contribution is 2.28. The van der Waals surface area contributed by atoms with E-state index in [1.54, 1.807) is 0 Å². The number of hydrogen-bond donors (Lipinski definition) is 1. The van der Waals surface area contributed by atoms with Crippen LogP contribution in [-0.2, 0) is 19.5 Å². The maximum atomic E-state index is 10.5. The number of unbranched alkanes of at least 4 members (excludes halogenated alkanes) is 3. The Hall–Kier alpha value is -1.06. The summed E-state index contributed by atoms with van der Waals surface area (Å²) in [6.07, 6.45) is 5.92. The van der Waals surface area contributed by atoms with Crippen LogP contribution in [0.4, 0.5) is 0 Å². The highest BCUT2D eigenvalue weighted by molar-refractivity contribution is 5.44. The smallest absolute Gasteiger partial charge is 0.123 e. The number of aromatic hydroxyl groups is 1. The molecule has 3 heteroatoms. The van der Waals surface area contributed by atoms with Crippen molar-refractivity contribution in [2.45, 2.75) is 52.1 Å². The number of benzene rings is 1. The Morgan fingerprint density at radius 2 is 1.48 bits per heavy atom. The van der Waals surface area contributed by atoms with Crippen LogP contribution in [0.1, 0.15) is 49.3 Å². The number of rotatable bonds is 9. The minimum atomic E-state index is 0.503. The summed E-state index contributed by atoms with van der Waals surface area (Å²) in [7, 11) is 8.25. The van der Waals surface area contributed by atoms with Crippen LogP contribution >= 0.6 is 0 Å². The molecule has 1 N–H and O–H groups in total. The third-order valence-electron chi connectivity index (χ3n) is 3.61. The van der Waals surface area contributed by atoms with Crippen LogP contribution in [0, 0.1) is 0 Å². The minimum Gasteiger partial charge on any atom is -0.507 e. The average Bonchev–Trinajstić information content (AvgIpc) is 2.38. The first-order valence-electron chi connectivity index (χ1n) is 8.07. The number of phenolic OH excluding ortho intramolecular Hbond substituents is 1. The third-order valence-corrected chi connectivity index (χ3v) is 3.61. The summed E-state index contributed by atoms with van der Waals surface area (Å²) in [5.41, 5.74) is 3.45. The van der Waals surface area contributed by atoms with Crippen molar-refractivity contribution in [2.75, 3.05) is 28.2 Å². The summed E-state index contributed by atoms with van der Waals surface area (Å²) < 4.78 is 0. The van der Waals surface area contributed by atoms with E-state index in [2.05, 4.69) is 43.0 Å². The predicted octanol–water partition coefficient (Wildman–Crippen LogP) is 3.64. The van der Waals surface area contributed by atoms with E-state index < -0.39 is 0 Å². The number of nitrogens with zero attached hydrogens (tertiary/aromatic N) is 2. The molecule has 0 heterocycles. The highest BCUT2D eigenvalue weighted by atomic mass is 16.3. The van der Waals surface area contributed by atoms with E-state index in [0.29, 0.717) is 5.75 Å². The summed E-state index contributed by atoms with van der Waals surface area (Å²) in [5, 5.41) is 10.5. The molecular weight excluding hydrogens is 260 g/mol. The van der Waals surface area contributed by atoms with Gasteiger partial charge in [-0.1, -0.05) is 32.3 Å². The standard InChI is InChI=1S/C18H32N2O/c1-6-7-8-9-10-16-11-15(13-19(2)3)12-17(18(16)21)14-20(4)5/h11-12,21H,6-10,13-14H2,1-5H3. The Bertz CT molecular complexity index is 427. The number of aryl methyl sites for hydroxylation is 1. The van der Waals surface area contributed by atoms with E-state index in [1.165, 1.54) is 24.8 Å². The lowest BCUT2D eigenvalue weighted by Crippen LogP contribution is -2.14. The minimum absolute atomic E-state index is 0.503. The van der Waals surface area contributed by atoms with Crippen LogP contribution in [0.5, 0.6) is 5.75 Å². The first-order valence-corrected chi connectivity index (χ1v) is 8.07. The molecule has 1 aromatic rings. The molecule has 0 aliphatic carbocycles. The summed E-state index contributed by atoms with van der Waals surface area (Å²) >= 11 is 0. The molecule has 0 aliphatic rings. The van der Waals surface area contributed by atoms with E-state index >= 15 is 0 Å². The van der Waals surface area contributed by atoms with Crippen LogP contribution in [-0.4, -0.2) is 43.1 Å². The molecule has 0 aliphatic heterocycles. The molecule has 0 spiro atoms. The summed E-state index contributed by atoms with van der Waals surface area (Å²) in [6, 6.07) is 4.32. The summed E-state index contributed by atoms with van der Waals surface area (Å²) in [5.74, 6) is 0.503. The zero-order chi connectivity index (χ0) is 15.8. The normalized spacial score (nSPS) is 11.6. The molecule has 0 atom stereocenters. The lowest BCUT2D eigenvalue weighted by atomic mass is 9.98. The maximum absolute atomic E-state index is 10.5. The summed E-state index contributed by atoms with van der Waals surface area (Å²) in [4.78, 5) is 4.28. The molecule has 120 valence electrons. The van der Waals surface area contributed by atoms with Gasteiger partial charge in [-0.05, 0) is 58.2 Å². The van der Waals surface area contributed by atoms with Gasteiger partial charge in [0.05, 0.1) is 0 Å². The largest absolute Gasteiger partial charge is 0.507 e. The van der Waals surface area contributed by atoms with Gasteiger partial charge in [0, 0.05) is 18.7 Å². The van der Waals surface area contributed by atoms with Gasteiger partial charge in [0.15, 0.2) is 0 Å². The first kappa shape index (κ1) is 18.0. The quantitative estimate of drug-likeness (QED) is 0.704. The van der Waals surface area contributed by atoms with Crippen molar-refractivity contribution < 1.29 is 5.11 Å². The fraction of sp³-hybridized carbons (Fsp3) is 0.667. The molecule has 0 bridgehead atoms. The predicted molar refractivity (Wildman–Crippen MR) is 90.7 cm³/mol. The molecule has 3 nitrogen and oxygen atoms in total. The lowest BCUT2D eigenvalue weighted by molar-refractivity contribution is 0.380. The van der Waals surface area contributed by atoms with E-state index in [0.717, 1.165) is 37.1 Å². The van der Waals surface area contributed by atoms with E-state index in [-0.39, 0.29) is 0 Å². The van der Waals surface area contributed by atoms with E-state index in [9.17, 15) is 5.11 Å². The molecule has 0 radical (unpaired) electrons. The Balaban J connectivity index is 2.91. The second kappa shape index (κ2) is 9.06. The second-order valence-corrected chi connectivity index (χ2v) is 6.55. The second-order valence-electron chi connectivity index (χ2n) is 6.55.